The molecule has 0 saturated heterocycles. The van der Waals surface area contributed by atoms with Gasteiger partial charge in [-0.3, -0.25) is 0 Å². The molecule has 0 aliphatic rings. The second-order valence-electron chi connectivity index (χ2n) is 4.99. The number of aliphatic hydroxyl groups excluding tert-OH is 1. The van der Waals surface area contributed by atoms with Crippen molar-refractivity contribution in [2.45, 2.75) is 13.0 Å². The molecule has 0 aliphatic carbocycles. The van der Waals surface area contributed by atoms with Crippen molar-refractivity contribution in [1.29, 1.82) is 0 Å². The lowest BCUT2D eigenvalue weighted by atomic mass is 10.00. The van der Waals surface area contributed by atoms with Crippen LogP contribution in [0.1, 0.15) is 11.1 Å². The zero-order valence-corrected chi connectivity index (χ0v) is 13.5. The minimum atomic E-state index is 0.167. The quantitative estimate of drug-likeness (QED) is 0.770. The standard InChI is InChI=1S/C16H20BrN3O/c1-2-20-11-14(10-19-20)9-18-8-13(12-21)7-15-5-3-4-6-16(15)17/h2-6,10-11,13,18,21H,1,7-9,12H2. The van der Waals surface area contributed by atoms with E-state index in [0.717, 1.165) is 29.5 Å². The van der Waals surface area contributed by atoms with Gasteiger partial charge in [0.15, 0.2) is 0 Å². The van der Waals surface area contributed by atoms with Gasteiger partial charge in [0.05, 0.1) is 6.20 Å². The highest BCUT2D eigenvalue weighted by Crippen LogP contribution is 2.19. The van der Waals surface area contributed by atoms with Crippen molar-refractivity contribution in [3.63, 3.8) is 0 Å². The Hall–Kier alpha value is -1.43. The molecule has 0 radical (unpaired) electrons. The zero-order chi connectivity index (χ0) is 15.1. The molecule has 21 heavy (non-hydrogen) atoms. The summed E-state index contributed by atoms with van der Waals surface area (Å²) >= 11 is 3.55. The molecule has 1 aromatic carbocycles. The zero-order valence-electron chi connectivity index (χ0n) is 11.9. The summed E-state index contributed by atoms with van der Waals surface area (Å²) in [5, 5.41) is 17.0. The minimum absolute atomic E-state index is 0.167. The van der Waals surface area contributed by atoms with Crippen LogP contribution in [0.5, 0.6) is 0 Å². The van der Waals surface area contributed by atoms with Gasteiger partial charge in [0, 0.05) is 42.1 Å². The van der Waals surface area contributed by atoms with Gasteiger partial charge in [0.25, 0.3) is 0 Å². The van der Waals surface area contributed by atoms with Gasteiger partial charge in [-0.05, 0) is 24.0 Å². The van der Waals surface area contributed by atoms with E-state index in [0.29, 0.717) is 0 Å². The predicted molar refractivity (Wildman–Crippen MR) is 88.7 cm³/mol. The molecule has 0 bridgehead atoms. The van der Waals surface area contributed by atoms with E-state index >= 15 is 0 Å². The average molecular weight is 350 g/mol. The van der Waals surface area contributed by atoms with Gasteiger partial charge in [-0.1, -0.05) is 40.7 Å². The van der Waals surface area contributed by atoms with Crippen LogP contribution in [0.25, 0.3) is 6.20 Å². The topological polar surface area (TPSA) is 50.1 Å². The molecule has 1 aromatic heterocycles. The highest BCUT2D eigenvalue weighted by molar-refractivity contribution is 9.10. The summed E-state index contributed by atoms with van der Waals surface area (Å²) in [6.07, 6.45) is 6.25. The van der Waals surface area contributed by atoms with Crippen molar-refractivity contribution in [2.24, 2.45) is 5.92 Å². The van der Waals surface area contributed by atoms with Crippen molar-refractivity contribution in [1.82, 2.24) is 15.1 Å². The summed E-state index contributed by atoms with van der Waals surface area (Å²) in [5.41, 5.74) is 2.32. The highest BCUT2D eigenvalue weighted by atomic mass is 79.9. The van der Waals surface area contributed by atoms with Crippen molar-refractivity contribution in [2.75, 3.05) is 13.2 Å². The molecule has 112 valence electrons. The van der Waals surface area contributed by atoms with Crippen LogP contribution in [-0.4, -0.2) is 28.0 Å². The fraction of sp³-hybridized carbons (Fsp3) is 0.312. The van der Waals surface area contributed by atoms with E-state index in [-0.39, 0.29) is 12.5 Å². The number of aromatic nitrogens is 2. The van der Waals surface area contributed by atoms with Crippen LogP contribution in [0.2, 0.25) is 0 Å². The van der Waals surface area contributed by atoms with Gasteiger partial charge in [0.2, 0.25) is 0 Å². The molecule has 0 spiro atoms. The molecule has 2 aromatic rings. The number of rotatable bonds is 8. The third kappa shape index (κ3) is 4.81. The Morgan fingerprint density at radius 3 is 2.90 bits per heavy atom. The fourth-order valence-corrected chi connectivity index (χ4v) is 2.61. The van der Waals surface area contributed by atoms with Crippen molar-refractivity contribution < 1.29 is 5.11 Å². The van der Waals surface area contributed by atoms with Gasteiger partial charge in [-0.2, -0.15) is 5.10 Å². The van der Waals surface area contributed by atoms with E-state index < -0.39 is 0 Å². The monoisotopic (exact) mass is 349 g/mol. The molecule has 0 amide bonds. The highest BCUT2D eigenvalue weighted by Gasteiger charge is 2.10. The molecule has 1 heterocycles. The predicted octanol–water partition coefficient (Wildman–Crippen LogP) is 2.69. The van der Waals surface area contributed by atoms with Crippen molar-refractivity contribution >= 4 is 22.1 Å². The Kier molecular flexibility index (Phi) is 6.17. The molecule has 5 heteroatoms. The van der Waals surface area contributed by atoms with Crippen LogP contribution in [0.3, 0.4) is 0 Å². The molecule has 4 nitrogen and oxygen atoms in total. The summed E-state index contributed by atoms with van der Waals surface area (Å²) in [7, 11) is 0. The lowest BCUT2D eigenvalue weighted by molar-refractivity contribution is 0.221. The van der Waals surface area contributed by atoms with Crippen LogP contribution in [0, 0.1) is 5.92 Å². The summed E-state index contributed by atoms with van der Waals surface area (Å²) in [5.74, 6) is 0.193. The molecule has 1 unspecified atom stereocenters. The molecule has 2 rings (SSSR count). The SMILES string of the molecule is C=Cn1cc(CNCC(CO)Cc2ccccc2Br)cn1. The maximum Gasteiger partial charge on any atom is 0.0538 e. The molecule has 0 fully saturated rings. The number of hydrogen-bond acceptors (Lipinski definition) is 3. The average Bonchev–Trinajstić information content (AvgIpc) is 2.96. The second-order valence-corrected chi connectivity index (χ2v) is 5.84. The van der Waals surface area contributed by atoms with E-state index in [2.05, 4.69) is 39.0 Å². The molecule has 2 N–H and O–H groups in total. The van der Waals surface area contributed by atoms with E-state index in [4.69, 9.17) is 0 Å². The minimum Gasteiger partial charge on any atom is -0.396 e. The number of aliphatic hydroxyl groups is 1. The van der Waals surface area contributed by atoms with Crippen LogP contribution < -0.4 is 5.32 Å². The lowest BCUT2D eigenvalue weighted by Gasteiger charge is -2.15. The van der Waals surface area contributed by atoms with Gasteiger partial charge >= 0.3 is 0 Å². The van der Waals surface area contributed by atoms with Gasteiger partial charge < -0.3 is 10.4 Å². The molecular weight excluding hydrogens is 330 g/mol. The number of nitrogens with zero attached hydrogens (tertiary/aromatic N) is 2. The Balaban J connectivity index is 1.82. The summed E-state index contributed by atoms with van der Waals surface area (Å²) in [4.78, 5) is 0. The summed E-state index contributed by atoms with van der Waals surface area (Å²) in [6, 6.07) is 8.13. The van der Waals surface area contributed by atoms with E-state index in [1.807, 2.05) is 30.6 Å². The fourth-order valence-electron chi connectivity index (χ4n) is 2.17. The Bertz CT molecular complexity index is 582. The molecule has 1 atom stereocenters. The molecule has 0 saturated carbocycles. The number of nitrogens with one attached hydrogen (secondary N) is 1. The van der Waals surface area contributed by atoms with Gasteiger partial charge in [-0.15, -0.1) is 0 Å². The first kappa shape index (κ1) is 15.9. The Morgan fingerprint density at radius 1 is 1.43 bits per heavy atom. The van der Waals surface area contributed by atoms with Gasteiger partial charge in [-0.25, -0.2) is 4.68 Å². The van der Waals surface area contributed by atoms with Crippen molar-refractivity contribution in [3.8, 4) is 0 Å². The normalized spacial score (nSPS) is 12.3. The maximum absolute atomic E-state index is 9.53. The number of hydrogen-bond donors (Lipinski definition) is 2. The first-order chi connectivity index (χ1) is 10.2. The third-order valence-electron chi connectivity index (χ3n) is 3.33. The summed E-state index contributed by atoms with van der Waals surface area (Å²) < 4.78 is 2.78. The van der Waals surface area contributed by atoms with E-state index in [1.165, 1.54) is 5.56 Å². The number of halogens is 1. The van der Waals surface area contributed by atoms with Crippen LogP contribution in [0.4, 0.5) is 0 Å². The summed E-state index contributed by atoms with van der Waals surface area (Å²) in [6.45, 7) is 5.33. The first-order valence-electron chi connectivity index (χ1n) is 6.93. The third-order valence-corrected chi connectivity index (χ3v) is 4.10. The smallest absolute Gasteiger partial charge is 0.0538 e. The Morgan fingerprint density at radius 2 is 2.24 bits per heavy atom. The van der Waals surface area contributed by atoms with Crippen molar-refractivity contribution in [3.05, 3.63) is 58.8 Å². The van der Waals surface area contributed by atoms with Gasteiger partial charge in [0.1, 0.15) is 0 Å². The van der Waals surface area contributed by atoms with E-state index in [9.17, 15) is 5.11 Å². The van der Waals surface area contributed by atoms with Crippen LogP contribution >= 0.6 is 15.9 Å². The van der Waals surface area contributed by atoms with E-state index in [1.54, 1.807) is 10.9 Å². The molecule has 0 aliphatic heterocycles. The first-order valence-corrected chi connectivity index (χ1v) is 7.72. The maximum atomic E-state index is 9.53. The van der Waals surface area contributed by atoms with Crippen LogP contribution in [-0.2, 0) is 13.0 Å². The Labute approximate surface area is 133 Å². The number of benzene rings is 1. The van der Waals surface area contributed by atoms with Crippen LogP contribution in [0.15, 0.2) is 47.7 Å². The second kappa shape index (κ2) is 8.12. The lowest BCUT2D eigenvalue weighted by Crippen LogP contribution is -2.26. The molecular formula is C16H20BrN3O. The largest absolute Gasteiger partial charge is 0.396 e.